The van der Waals surface area contributed by atoms with E-state index in [1.54, 1.807) is 14.1 Å². The molecular weight excluding hydrogens is 440 g/mol. The minimum Gasteiger partial charge on any atom is -0.508 e. The molecule has 0 saturated heterocycles. The van der Waals surface area contributed by atoms with Gasteiger partial charge in [0.25, 0.3) is 5.91 Å². The fourth-order valence-corrected chi connectivity index (χ4v) is 6.37. The number of hydrogen-bond acceptors (Lipinski definition) is 8. The van der Waals surface area contributed by atoms with Gasteiger partial charge < -0.3 is 26.2 Å². The van der Waals surface area contributed by atoms with Crippen LogP contribution in [0.15, 0.2) is 29.0 Å². The van der Waals surface area contributed by atoms with E-state index in [9.17, 15) is 34.8 Å². The van der Waals surface area contributed by atoms with E-state index in [1.165, 1.54) is 11.0 Å². The van der Waals surface area contributed by atoms with Crippen LogP contribution in [0.1, 0.15) is 48.3 Å². The Labute approximate surface area is 196 Å². The minimum absolute atomic E-state index is 0.103. The van der Waals surface area contributed by atoms with Crippen LogP contribution in [0, 0.1) is 11.8 Å². The Morgan fingerprint density at radius 2 is 1.79 bits per heavy atom. The van der Waals surface area contributed by atoms with Crippen LogP contribution < -0.4 is 5.73 Å². The third-order valence-electron chi connectivity index (χ3n) is 8.19. The average molecular weight is 469 g/mol. The van der Waals surface area contributed by atoms with Crippen LogP contribution in [0.4, 0.5) is 0 Å². The van der Waals surface area contributed by atoms with Crippen LogP contribution in [-0.4, -0.2) is 68.5 Å². The van der Waals surface area contributed by atoms with Crippen molar-refractivity contribution >= 4 is 23.2 Å². The Morgan fingerprint density at radius 1 is 1.12 bits per heavy atom. The molecule has 9 nitrogen and oxygen atoms in total. The summed E-state index contributed by atoms with van der Waals surface area (Å²) in [7, 11) is 3.17. The standard InChI is InChI=1S/C25H28N2O7/c1-27(2)19-14-9-11-8-13-12(10-4-3-5-10)6-7-15(28)17(13)20(29)16(11)22(31)25(14,34)23(32)18(21(19)30)24(26)33/h6-7,10-11,14,19,28-29,32,34H,3-5,8-9H2,1-2H3,(H2,26,33)/t11-,14-,19-,25-/m0/s1. The summed E-state index contributed by atoms with van der Waals surface area (Å²) in [6.07, 6.45) is 3.56. The van der Waals surface area contributed by atoms with Gasteiger partial charge in [-0.2, -0.15) is 0 Å². The van der Waals surface area contributed by atoms with Crippen molar-refractivity contribution in [3.05, 3.63) is 45.7 Å². The molecule has 1 aromatic rings. The number of carbonyl (C=O) groups is 3. The number of aliphatic hydroxyl groups excluding tert-OH is 2. The van der Waals surface area contributed by atoms with Crippen molar-refractivity contribution in [3.63, 3.8) is 0 Å². The Kier molecular flexibility index (Phi) is 4.93. The maximum Gasteiger partial charge on any atom is 0.255 e. The zero-order valence-corrected chi connectivity index (χ0v) is 19.0. The van der Waals surface area contributed by atoms with Crippen molar-refractivity contribution in [1.82, 2.24) is 4.90 Å². The lowest BCUT2D eigenvalue weighted by molar-refractivity contribution is -0.153. The van der Waals surface area contributed by atoms with Crippen molar-refractivity contribution in [2.24, 2.45) is 17.6 Å². The number of phenolic OH excluding ortho intramolecular Hbond substituents is 1. The van der Waals surface area contributed by atoms with E-state index in [0.717, 1.165) is 30.4 Å². The maximum absolute atomic E-state index is 13.8. The van der Waals surface area contributed by atoms with Gasteiger partial charge in [-0.15, -0.1) is 0 Å². The normalized spacial score (nSPS) is 31.2. The highest BCUT2D eigenvalue weighted by molar-refractivity contribution is 6.24. The first kappa shape index (κ1) is 22.6. The van der Waals surface area contributed by atoms with Gasteiger partial charge in [0.1, 0.15) is 22.8 Å². The summed E-state index contributed by atoms with van der Waals surface area (Å²) < 4.78 is 0. The van der Waals surface area contributed by atoms with Crippen LogP contribution in [0.5, 0.6) is 5.75 Å². The van der Waals surface area contributed by atoms with Gasteiger partial charge in [0.05, 0.1) is 11.6 Å². The monoisotopic (exact) mass is 468 g/mol. The van der Waals surface area contributed by atoms with Gasteiger partial charge in [0, 0.05) is 11.5 Å². The number of primary amides is 1. The molecular formula is C25H28N2O7. The molecule has 2 fully saturated rings. The van der Waals surface area contributed by atoms with Gasteiger partial charge in [-0.05, 0) is 68.8 Å². The van der Waals surface area contributed by atoms with Crippen molar-refractivity contribution in [2.75, 3.05) is 14.1 Å². The third-order valence-corrected chi connectivity index (χ3v) is 8.19. The number of Topliss-reactive ketones (excluding diaryl/α,β-unsaturated/α-hetero) is 2. The zero-order valence-electron chi connectivity index (χ0n) is 19.0. The SMILES string of the molecule is CN(C)[C@@H]1C(=O)C(C(N)=O)=C(O)[C@@]2(O)C(=O)C3=C(O)c4c(O)ccc(C5CCC5)c4C[C@H]3C[C@@H]12. The highest BCUT2D eigenvalue weighted by Crippen LogP contribution is 2.54. The predicted octanol–water partition coefficient (Wildman–Crippen LogP) is 1.23. The highest BCUT2D eigenvalue weighted by atomic mass is 16.3. The van der Waals surface area contributed by atoms with Gasteiger partial charge in [-0.25, -0.2) is 0 Å². The molecule has 6 N–H and O–H groups in total. The smallest absolute Gasteiger partial charge is 0.255 e. The molecule has 4 atom stereocenters. The average Bonchev–Trinajstić information content (AvgIpc) is 2.70. The van der Waals surface area contributed by atoms with Crippen molar-refractivity contribution in [2.45, 2.75) is 49.7 Å². The molecule has 9 heteroatoms. The Bertz CT molecular complexity index is 1210. The van der Waals surface area contributed by atoms with Gasteiger partial charge in [0.15, 0.2) is 11.4 Å². The maximum atomic E-state index is 13.8. The molecule has 0 heterocycles. The molecule has 0 aliphatic heterocycles. The molecule has 5 rings (SSSR count). The van der Waals surface area contributed by atoms with Crippen molar-refractivity contribution < 1.29 is 34.8 Å². The van der Waals surface area contributed by atoms with Crippen LogP contribution in [0.3, 0.4) is 0 Å². The molecule has 1 aromatic carbocycles. The second kappa shape index (κ2) is 7.41. The first-order valence-electron chi connectivity index (χ1n) is 11.5. The molecule has 0 bridgehead atoms. The fraction of sp³-hybridized carbons (Fsp3) is 0.480. The van der Waals surface area contributed by atoms with E-state index in [-0.39, 0.29) is 23.3 Å². The molecule has 0 radical (unpaired) electrons. The molecule has 0 spiro atoms. The van der Waals surface area contributed by atoms with Gasteiger partial charge in [0.2, 0.25) is 5.78 Å². The number of phenols is 1. The minimum atomic E-state index is -2.61. The van der Waals surface area contributed by atoms with Crippen LogP contribution in [-0.2, 0) is 20.8 Å². The van der Waals surface area contributed by atoms with E-state index >= 15 is 0 Å². The van der Waals surface area contributed by atoms with E-state index in [0.29, 0.717) is 12.3 Å². The second-order valence-electron chi connectivity index (χ2n) is 10.1. The topological polar surface area (TPSA) is 161 Å². The number of ketones is 2. The van der Waals surface area contributed by atoms with E-state index in [2.05, 4.69) is 0 Å². The molecule has 180 valence electrons. The number of aromatic hydroxyl groups is 1. The number of fused-ring (bicyclic) bond motifs is 3. The predicted molar refractivity (Wildman–Crippen MR) is 121 cm³/mol. The summed E-state index contributed by atoms with van der Waals surface area (Å²) in [6, 6.07) is 2.28. The van der Waals surface area contributed by atoms with Gasteiger partial charge >= 0.3 is 0 Å². The van der Waals surface area contributed by atoms with Crippen LogP contribution >= 0.6 is 0 Å². The summed E-state index contributed by atoms with van der Waals surface area (Å²) in [5, 5.41) is 44.2. The number of likely N-dealkylation sites (N-methyl/N-ethyl adjacent to an activating group) is 1. The number of benzene rings is 1. The number of nitrogens with zero attached hydrogens (tertiary/aromatic N) is 1. The number of hydrogen-bond donors (Lipinski definition) is 5. The zero-order chi connectivity index (χ0) is 24.7. The summed E-state index contributed by atoms with van der Waals surface area (Å²) in [5.74, 6) is -5.95. The van der Waals surface area contributed by atoms with Crippen molar-refractivity contribution in [3.8, 4) is 5.75 Å². The van der Waals surface area contributed by atoms with E-state index in [4.69, 9.17) is 5.73 Å². The highest BCUT2D eigenvalue weighted by Gasteiger charge is 2.64. The molecule has 0 unspecified atom stereocenters. The lowest BCUT2D eigenvalue weighted by Crippen LogP contribution is -2.65. The van der Waals surface area contributed by atoms with Crippen LogP contribution in [0.25, 0.3) is 5.76 Å². The van der Waals surface area contributed by atoms with Crippen LogP contribution in [0.2, 0.25) is 0 Å². The number of aliphatic hydroxyl groups is 3. The number of carbonyl (C=O) groups excluding carboxylic acids is 3. The quantitative estimate of drug-likeness (QED) is 0.414. The Balaban J connectivity index is 1.72. The fourth-order valence-electron chi connectivity index (χ4n) is 6.37. The largest absolute Gasteiger partial charge is 0.508 e. The molecule has 34 heavy (non-hydrogen) atoms. The summed E-state index contributed by atoms with van der Waals surface area (Å²) >= 11 is 0. The lowest BCUT2D eigenvalue weighted by Gasteiger charge is -2.50. The molecule has 4 aliphatic carbocycles. The Morgan fingerprint density at radius 3 is 2.35 bits per heavy atom. The molecule has 0 aromatic heterocycles. The van der Waals surface area contributed by atoms with E-state index < -0.39 is 58.0 Å². The first-order chi connectivity index (χ1) is 16.0. The summed E-state index contributed by atoms with van der Waals surface area (Å²) in [6.45, 7) is 0. The van der Waals surface area contributed by atoms with Gasteiger partial charge in [-0.1, -0.05) is 12.5 Å². The molecule has 1 amide bonds. The molecule has 2 saturated carbocycles. The second-order valence-corrected chi connectivity index (χ2v) is 10.1. The first-order valence-corrected chi connectivity index (χ1v) is 11.5. The van der Waals surface area contributed by atoms with E-state index in [1.807, 2.05) is 6.07 Å². The number of rotatable bonds is 3. The summed E-state index contributed by atoms with van der Waals surface area (Å²) in [5.41, 5.74) is 3.77. The van der Waals surface area contributed by atoms with Gasteiger partial charge in [-0.3, -0.25) is 19.3 Å². The third kappa shape index (κ3) is 2.77. The Hall–Kier alpha value is -3.17. The number of nitrogens with two attached hydrogens (primary N) is 1. The molecule has 4 aliphatic rings. The van der Waals surface area contributed by atoms with Crippen molar-refractivity contribution in [1.29, 1.82) is 0 Å². The summed E-state index contributed by atoms with van der Waals surface area (Å²) in [4.78, 5) is 40.4. The lowest BCUT2D eigenvalue weighted by atomic mass is 9.57. The number of amides is 1.